The summed E-state index contributed by atoms with van der Waals surface area (Å²) in [5, 5.41) is 0. The molecule has 0 unspecified atom stereocenters. The second-order valence-corrected chi connectivity index (χ2v) is 7.78. The number of hydrogen-bond donors (Lipinski definition) is 0. The number of halogens is 3. The van der Waals surface area contributed by atoms with Crippen LogP contribution < -0.4 is 0 Å². The van der Waals surface area contributed by atoms with Gasteiger partial charge in [-0.25, -0.2) is 8.42 Å². The van der Waals surface area contributed by atoms with Crippen molar-refractivity contribution >= 4 is 51.6 Å². The highest BCUT2D eigenvalue weighted by Crippen LogP contribution is 2.34. The van der Waals surface area contributed by atoms with Gasteiger partial charge >= 0.3 is 0 Å². The SMILES string of the molecule is O=S(=O)(Cl)c1ccc(-c2cccc(Br)c2Br)cc1. The normalized spacial score (nSPS) is 11.5. The van der Waals surface area contributed by atoms with Crippen LogP contribution in [0.2, 0.25) is 0 Å². The van der Waals surface area contributed by atoms with Crippen molar-refractivity contribution in [3.8, 4) is 11.1 Å². The Morgan fingerprint density at radius 2 is 1.56 bits per heavy atom. The smallest absolute Gasteiger partial charge is 0.207 e. The summed E-state index contributed by atoms with van der Waals surface area (Å²) < 4.78 is 24.2. The monoisotopic (exact) mass is 408 g/mol. The molecule has 0 saturated heterocycles. The molecular formula is C12H7Br2ClO2S. The van der Waals surface area contributed by atoms with E-state index in [1.54, 1.807) is 12.1 Å². The lowest BCUT2D eigenvalue weighted by molar-refractivity contribution is 0.609. The molecule has 0 aliphatic rings. The van der Waals surface area contributed by atoms with Crippen LogP contribution in [0.5, 0.6) is 0 Å². The summed E-state index contributed by atoms with van der Waals surface area (Å²) in [5.41, 5.74) is 1.88. The van der Waals surface area contributed by atoms with Crippen LogP contribution in [-0.2, 0) is 9.05 Å². The molecule has 18 heavy (non-hydrogen) atoms. The highest BCUT2D eigenvalue weighted by Gasteiger charge is 2.11. The summed E-state index contributed by atoms with van der Waals surface area (Å²) in [4.78, 5) is 0.0963. The van der Waals surface area contributed by atoms with Crippen molar-refractivity contribution in [2.45, 2.75) is 4.90 Å². The van der Waals surface area contributed by atoms with E-state index in [1.165, 1.54) is 12.1 Å². The molecule has 0 aliphatic heterocycles. The van der Waals surface area contributed by atoms with Gasteiger partial charge in [-0.3, -0.25) is 0 Å². The highest BCUT2D eigenvalue weighted by atomic mass is 79.9. The van der Waals surface area contributed by atoms with Crippen LogP contribution in [0.3, 0.4) is 0 Å². The Balaban J connectivity index is 2.50. The van der Waals surface area contributed by atoms with Gasteiger partial charge in [0.15, 0.2) is 0 Å². The summed E-state index contributed by atoms with van der Waals surface area (Å²) in [6, 6.07) is 12.2. The van der Waals surface area contributed by atoms with E-state index >= 15 is 0 Å². The zero-order valence-corrected chi connectivity index (χ0v) is 13.6. The quantitative estimate of drug-likeness (QED) is 0.666. The fourth-order valence-corrected chi connectivity index (χ4v) is 3.15. The molecule has 94 valence electrons. The van der Waals surface area contributed by atoms with Gasteiger partial charge in [0, 0.05) is 19.6 Å². The zero-order valence-electron chi connectivity index (χ0n) is 8.90. The third kappa shape index (κ3) is 2.96. The Hall–Kier alpha value is -0.360. The van der Waals surface area contributed by atoms with E-state index in [-0.39, 0.29) is 4.90 Å². The van der Waals surface area contributed by atoms with Gasteiger partial charge in [-0.2, -0.15) is 0 Å². The lowest BCUT2D eigenvalue weighted by Gasteiger charge is -2.06. The molecule has 0 aromatic heterocycles. The van der Waals surface area contributed by atoms with E-state index in [2.05, 4.69) is 31.9 Å². The van der Waals surface area contributed by atoms with E-state index in [0.29, 0.717) is 0 Å². The molecule has 0 amide bonds. The van der Waals surface area contributed by atoms with Crippen LogP contribution in [-0.4, -0.2) is 8.42 Å². The molecule has 0 saturated carbocycles. The first-order valence-electron chi connectivity index (χ1n) is 4.89. The maximum Gasteiger partial charge on any atom is 0.261 e. The van der Waals surface area contributed by atoms with E-state index in [4.69, 9.17) is 10.7 Å². The Labute approximate surface area is 127 Å². The molecule has 0 radical (unpaired) electrons. The third-order valence-electron chi connectivity index (χ3n) is 2.40. The van der Waals surface area contributed by atoms with Gasteiger partial charge in [0.25, 0.3) is 9.05 Å². The second-order valence-electron chi connectivity index (χ2n) is 3.56. The molecule has 0 bridgehead atoms. The van der Waals surface area contributed by atoms with Crippen LogP contribution in [0.25, 0.3) is 11.1 Å². The molecule has 0 N–H and O–H groups in total. The first-order chi connectivity index (χ1) is 8.39. The Morgan fingerprint density at radius 1 is 0.944 bits per heavy atom. The molecular weight excluding hydrogens is 403 g/mol. The molecule has 2 aromatic carbocycles. The van der Waals surface area contributed by atoms with Gasteiger partial charge in [0.1, 0.15) is 0 Å². The molecule has 0 fully saturated rings. The summed E-state index contributed by atoms with van der Waals surface area (Å²) >= 11 is 6.91. The van der Waals surface area contributed by atoms with Gasteiger partial charge in [-0.15, -0.1) is 0 Å². The predicted octanol–water partition coefficient (Wildman–Crippen LogP) is 4.81. The minimum atomic E-state index is -3.67. The van der Waals surface area contributed by atoms with E-state index in [1.807, 2.05) is 18.2 Å². The van der Waals surface area contributed by atoms with E-state index in [0.717, 1.165) is 20.1 Å². The molecule has 6 heteroatoms. The third-order valence-corrected chi connectivity index (χ3v) is 5.82. The fourth-order valence-electron chi connectivity index (χ4n) is 1.52. The second kappa shape index (κ2) is 5.33. The molecule has 0 atom stereocenters. The van der Waals surface area contributed by atoms with Crippen LogP contribution in [0, 0.1) is 0 Å². The topological polar surface area (TPSA) is 34.1 Å². The van der Waals surface area contributed by atoms with Gasteiger partial charge in [0.05, 0.1) is 4.90 Å². The minimum absolute atomic E-state index is 0.0963. The fraction of sp³-hybridized carbons (Fsp3) is 0. The summed E-state index contributed by atoms with van der Waals surface area (Å²) in [6.45, 7) is 0. The summed E-state index contributed by atoms with van der Waals surface area (Å²) in [5.74, 6) is 0. The summed E-state index contributed by atoms with van der Waals surface area (Å²) in [6.07, 6.45) is 0. The number of benzene rings is 2. The van der Waals surface area contributed by atoms with Crippen molar-refractivity contribution in [1.29, 1.82) is 0 Å². The van der Waals surface area contributed by atoms with Gasteiger partial charge in [-0.1, -0.05) is 24.3 Å². The minimum Gasteiger partial charge on any atom is -0.207 e. The molecule has 0 aliphatic carbocycles. The van der Waals surface area contributed by atoms with Crippen molar-refractivity contribution in [2.24, 2.45) is 0 Å². The Bertz CT molecular complexity index is 682. The van der Waals surface area contributed by atoms with Crippen molar-refractivity contribution in [1.82, 2.24) is 0 Å². The lowest BCUT2D eigenvalue weighted by atomic mass is 10.1. The maximum absolute atomic E-state index is 11.2. The lowest BCUT2D eigenvalue weighted by Crippen LogP contribution is -1.90. The number of rotatable bonds is 2. The molecule has 2 nitrogen and oxygen atoms in total. The average Bonchev–Trinajstić information content (AvgIpc) is 2.32. The molecule has 0 heterocycles. The summed E-state index contributed by atoms with van der Waals surface area (Å²) in [7, 11) is 1.60. The Kier molecular flexibility index (Phi) is 4.16. The molecule has 0 spiro atoms. The van der Waals surface area contributed by atoms with E-state index < -0.39 is 9.05 Å². The van der Waals surface area contributed by atoms with Crippen molar-refractivity contribution in [2.75, 3.05) is 0 Å². The van der Waals surface area contributed by atoms with Gasteiger partial charge in [-0.05, 0) is 61.2 Å². The van der Waals surface area contributed by atoms with Gasteiger partial charge in [0.2, 0.25) is 0 Å². The van der Waals surface area contributed by atoms with Crippen molar-refractivity contribution in [3.05, 3.63) is 51.4 Å². The van der Waals surface area contributed by atoms with Crippen LogP contribution >= 0.6 is 42.5 Å². The number of hydrogen-bond acceptors (Lipinski definition) is 2. The van der Waals surface area contributed by atoms with E-state index in [9.17, 15) is 8.42 Å². The van der Waals surface area contributed by atoms with Crippen molar-refractivity contribution < 1.29 is 8.42 Å². The predicted molar refractivity (Wildman–Crippen MR) is 80.3 cm³/mol. The zero-order chi connectivity index (χ0) is 13.3. The largest absolute Gasteiger partial charge is 0.261 e. The van der Waals surface area contributed by atoms with Crippen LogP contribution in [0.15, 0.2) is 56.3 Å². The van der Waals surface area contributed by atoms with Crippen LogP contribution in [0.4, 0.5) is 0 Å². The van der Waals surface area contributed by atoms with Gasteiger partial charge < -0.3 is 0 Å². The molecule has 2 rings (SSSR count). The van der Waals surface area contributed by atoms with Crippen LogP contribution in [0.1, 0.15) is 0 Å². The molecule has 2 aromatic rings. The van der Waals surface area contributed by atoms with Crippen molar-refractivity contribution in [3.63, 3.8) is 0 Å². The first-order valence-corrected chi connectivity index (χ1v) is 8.78. The standard InChI is InChI=1S/C12H7Br2ClO2S/c13-11-3-1-2-10(12(11)14)8-4-6-9(7-5-8)18(15,16)17/h1-7H. The maximum atomic E-state index is 11.2. The average molecular weight is 411 g/mol. The first kappa shape index (κ1) is 14.1. The Morgan fingerprint density at radius 3 is 2.11 bits per heavy atom. The highest BCUT2D eigenvalue weighted by molar-refractivity contribution is 9.13.